The van der Waals surface area contributed by atoms with Gasteiger partial charge in [0.05, 0.1) is 18.2 Å². The molecule has 3 heterocycles. The quantitative estimate of drug-likeness (QED) is 0.486. The molecule has 0 saturated carbocycles. The van der Waals surface area contributed by atoms with Crippen LogP contribution in [0.2, 0.25) is 0 Å². The molecule has 0 spiro atoms. The number of hydrogen-bond acceptors (Lipinski definition) is 6. The summed E-state index contributed by atoms with van der Waals surface area (Å²) in [4.78, 5) is 37.5. The number of aliphatic carboxylic acids is 1. The van der Waals surface area contributed by atoms with Gasteiger partial charge < -0.3 is 15.3 Å². The van der Waals surface area contributed by atoms with Crippen LogP contribution in [0.5, 0.6) is 0 Å². The van der Waals surface area contributed by atoms with Crippen LogP contribution in [-0.2, 0) is 20.9 Å². The van der Waals surface area contributed by atoms with Crippen molar-refractivity contribution in [1.82, 2.24) is 25.2 Å². The predicted molar refractivity (Wildman–Crippen MR) is 84.6 cm³/mol. The molecule has 1 saturated heterocycles. The number of thiol groups is 1. The number of aromatic nitrogens is 3. The number of amides is 2. The van der Waals surface area contributed by atoms with E-state index in [1.54, 1.807) is 13.1 Å². The molecule has 4 atom stereocenters. The smallest absolute Gasteiger partial charge is 0.353 e. The van der Waals surface area contributed by atoms with Gasteiger partial charge in [-0.05, 0) is 6.92 Å². The summed E-state index contributed by atoms with van der Waals surface area (Å²) in [5, 5.41) is 19.4. The van der Waals surface area contributed by atoms with E-state index in [1.807, 2.05) is 6.92 Å². The molecule has 1 aromatic rings. The van der Waals surface area contributed by atoms with Gasteiger partial charge >= 0.3 is 5.97 Å². The van der Waals surface area contributed by atoms with E-state index in [-0.39, 0.29) is 36.0 Å². The van der Waals surface area contributed by atoms with Gasteiger partial charge in [0, 0.05) is 23.1 Å². The van der Waals surface area contributed by atoms with Gasteiger partial charge in [0.15, 0.2) is 0 Å². The van der Waals surface area contributed by atoms with Crippen LogP contribution in [0.15, 0.2) is 23.0 Å². The molecule has 0 aliphatic carbocycles. The lowest BCUT2D eigenvalue weighted by Crippen LogP contribution is -2.66. The third-order valence-corrected chi connectivity index (χ3v) is 5.14. The minimum atomic E-state index is -1.16. The maximum atomic E-state index is 12.4. The molecule has 1 fully saturated rings. The van der Waals surface area contributed by atoms with Crippen LogP contribution >= 0.6 is 12.6 Å². The highest BCUT2D eigenvalue weighted by molar-refractivity contribution is 7.84. The Kier molecular flexibility index (Phi) is 4.08. The van der Waals surface area contributed by atoms with Crippen LogP contribution in [-0.4, -0.2) is 54.9 Å². The molecule has 0 radical (unpaired) electrons. The summed E-state index contributed by atoms with van der Waals surface area (Å²) in [7, 11) is 0. The Morgan fingerprint density at radius 3 is 2.79 bits per heavy atom. The normalized spacial score (nSPS) is 26.9. The van der Waals surface area contributed by atoms with Crippen molar-refractivity contribution >= 4 is 30.4 Å². The molecular formula is C14H17N5O4S. The zero-order chi connectivity index (χ0) is 17.6. The number of carbonyl (C=O) groups is 3. The van der Waals surface area contributed by atoms with Crippen molar-refractivity contribution < 1.29 is 19.5 Å². The predicted octanol–water partition coefficient (Wildman–Crippen LogP) is -0.514. The molecule has 2 N–H and O–H groups in total. The van der Waals surface area contributed by atoms with Gasteiger partial charge in [0.25, 0.3) is 0 Å². The summed E-state index contributed by atoms with van der Waals surface area (Å²) >= 11 is 4.26. The van der Waals surface area contributed by atoms with Crippen molar-refractivity contribution in [3.63, 3.8) is 0 Å². The molecule has 2 aliphatic rings. The molecule has 0 bridgehead atoms. The summed E-state index contributed by atoms with van der Waals surface area (Å²) in [5.74, 6) is -2.41. The standard InChI is InChI=1S/C14H17N5O4S/c1-6-10-9(13(21)19(10)11(12(6)24)14(22)23)7(2)16-8(20)5-18-4-3-15-17-18/h3-4,6-7,9-10,24H,5H2,1-2H3,(H,16,20)(H,22,23)/t6-,7-,9-,10?/m1/s1. The number of fused-ring (bicyclic) bond motifs is 1. The lowest BCUT2D eigenvalue weighted by molar-refractivity contribution is -0.158. The van der Waals surface area contributed by atoms with Crippen LogP contribution in [0, 0.1) is 11.8 Å². The zero-order valence-electron chi connectivity index (χ0n) is 13.1. The molecule has 2 amide bonds. The Morgan fingerprint density at radius 1 is 1.50 bits per heavy atom. The molecule has 9 nitrogen and oxygen atoms in total. The van der Waals surface area contributed by atoms with Crippen molar-refractivity contribution in [3.05, 3.63) is 23.0 Å². The summed E-state index contributed by atoms with van der Waals surface area (Å²) in [6.45, 7) is 3.58. The molecule has 2 aliphatic heterocycles. The molecule has 24 heavy (non-hydrogen) atoms. The fourth-order valence-electron chi connectivity index (χ4n) is 3.40. The molecule has 10 heteroatoms. The first kappa shape index (κ1) is 16.5. The lowest BCUT2D eigenvalue weighted by Gasteiger charge is -2.47. The molecule has 3 rings (SSSR count). The molecule has 0 aromatic carbocycles. The van der Waals surface area contributed by atoms with Crippen LogP contribution in [0.4, 0.5) is 0 Å². The largest absolute Gasteiger partial charge is 0.477 e. The fourth-order valence-corrected chi connectivity index (χ4v) is 3.76. The summed E-state index contributed by atoms with van der Waals surface area (Å²) in [5.41, 5.74) is -0.0572. The monoisotopic (exact) mass is 351 g/mol. The van der Waals surface area contributed by atoms with Gasteiger partial charge in [0.2, 0.25) is 11.8 Å². The van der Waals surface area contributed by atoms with Crippen molar-refractivity contribution in [2.75, 3.05) is 0 Å². The van der Waals surface area contributed by atoms with E-state index in [2.05, 4.69) is 28.3 Å². The van der Waals surface area contributed by atoms with Gasteiger partial charge in [-0.2, -0.15) is 0 Å². The summed E-state index contributed by atoms with van der Waals surface area (Å²) < 4.78 is 1.38. The highest BCUT2D eigenvalue weighted by Crippen LogP contribution is 2.48. The minimum absolute atomic E-state index is 0.00558. The number of carboxylic acid groups (broad SMARTS) is 1. The highest BCUT2D eigenvalue weighted by Gasteiger charge is 2.59. The highest BCUT2D eigenvalue weighted by atomic mass is 32.1. The summed E-state index contributed by atoms with van der Waals surface area (Å²) in [6.07, 6.45) is 3.04. The molecular weight excluding hydrogens is 334 g/mol. The van der Waals surface area contributed by atoms with E-state index in [4.69, 9.17) is 0 Å². The minimum Gasteiger partial charge on any atom is -0.477 e. The van der Waals surface area contributed by atoms with Crippen molar-refractivity contribution in [2.45, 2.75) is 32.5 Å². The summed E-state index contributed by atoms with van der Waals surface area (Å²) in [6, 6.07) is -0.718. The third-order valence-electron chi connectivity index (χ3n) is 4.52. The van der Waals surface area contributed by atoms with Crippen molar-refractivity contribution in [2.24, 2.45) is 11.8 Å². The van der Waals surface area contributed by atoms with Crippen LogP contribution < -0.4 is 5.32 Å². The maximum Gasteiger partial charge on any atom is 0.353 e. The molecule has 128 valence electrons. The Bertz CT molecular complexity index is 732. The molecule has 1 unspecified atom stereocenters. The van der Waals surface area contributed by atoms with Gasteiger partial charge in [0.1, 0.15) is 12.2 Å². The van der Waals surface area contributed by atoms with E-state index in [0.717, 1.165) is 0 Å². The molecule has 1 aromatic heterocycles. The Hall–Kier alpha value is -2.36. The third kappa shape index (κ3) is 2.46. The van der Waals surface area contributed by atoms with E-state index in [1.165, 1.54) is 15.8 Å². The van der Waals surface area contributed by atoms with Gasteiger partial charge in [-0.25, -0.2) is 9.48 Å². The Labute approximate surface area is 143 Å². The number of β-lactam (4-membered cyclic amide) rings is 1. The zero-order valence-corrected chi connectivity index (χ0v) is 14.0. The average molecular weight is 351 g/mol. The van der Waals surface area contributed by atoms with Crippen LogP contribution in [0.1, 0.15) is 13.8 Å². The SMILES string of the molecule is C[C@H]1C(S)=C(C(=O)O)N2C(=O)[C@H]([C@@H](C)NC(=O)Cn3ccnn3)C12. The van der Waals surface area contributed by atoms with Crippen molar-refractivity contribution in [1.29, 1.82) is 0 Å². The van der Waals surface area contributed by atoms with Gasteiger partial charge in [-0.15, -0.1) is 17.7 Å². The first-order valence-electron chi connectivity index (χ1n) is 7.46. The first-order valence-corrected chi connectivity index (χ1v) is 7.90. The number of carboxylic acids is 1. The number of hydrogen-bond donors (Lipinski definition) is 3. The van der Waals surface area contributed by atoms with Gasteiger partial charge in [-0.1, -0.05) is 12.1 Å². The average Bonchev–Trinajstić information content (AvgIpc) is 3.06. The van der Waals surface area contributed by atoms with E-state index >= 15 is 0 Å². The number of carbonyl (C=O) groups excluding carboxylic acids is 2. The van der Waals surface area contributed by atoms with Crippen molar-refractivity contribution in [3.8, 4) is 0 Å². The second-order valence-electron chi connectivity index (χ2n) is 6.01. The Balaban J connectivity index is 1.68. The van der Waals surface area contributed by atoms with E-state index in [9.17, 15) is 19.5 Å². The second kappa shape index (κ2) is 5.93. The topological polar surface area (TPSA) is 117 Å². The maximum absolute atomic E-state index is 12.4. The second-order valence-corrected chi connectivity index (χ2v) is 6.49. The number of nitrogens with one attached hydrogen (secondary N) is 1. The number of nitrogens with zero attached hydrogens (tertiary/aromatic N) is 4. The van der Waals surface area contributed by atoms with E-state index in [0.29, 0.717) is 4.91 Å². The van der Waals surface area contributed by atoms with Crippen LogP contribution in [0.3, 0.4) is 0 Å². The van der Waals surface area contributed by atoms with Gasteiger partial charge in [-0.3, -0.25) is 9.59 Å². The Morgan fingerprint density at radius 2 is 2.21 bits per heavy atom. The van der Waals surface area contributed by atoms with E-state index < -0.39 is 17.9 Å². The van der Waals surface area contributed by atoms with Crippen LogP contribution in [0.25, 0.3) is 0 Å². The lowest BCUT2D eigenvalue weighted by atomic mass is 9.78. The number of rotatable bonds is 5. The first-order chi connectivity index (χ1) is 11.3. The fraction of sp³-hybridized carbons (Fsp3) is 0.500.